The van der Waals surface area contributed by atoms with Crippen LogP contribution >= 0.6 is 8.60 Å². The number of ether oxygens (including phenoxy) is 2. The number of rotatable bonds is 6. The van der Waals surface area contributed by atoms with Crippen LogP contribution in [0.15, 0.2) is 52.3 Å². The van der Waals surface area contributed by atoms with Crippen LogP contribution in [-0.4, -0.2) is 47.7 Å². The number of hydrogen-bond donors (Lipinski definition) is 2. The number of carbonyl (C=O) groups is 1. The first-order valence-corrected chi connectivity index (χ1v) is 14.0. The summed E-state index contributed by atoms with van der Waals surface area (Å²) in [6, 6.07) is 11.4. The Hall–Kier alpha value is -4.07. The summed E-state index contributed by atoms with van der Waals surface area (Å²) in [7, 11) is -2.56. The molecule has 3 aliphatic heterocycles. The molecule has 3 N–H and O–H groups in total. The fourth-order valence-corrected chi connectivity index (χ4v) is 6.13. The van der Waals surface area contributed by atoms with Gasteiger partial charge in [-0.15, -0.1) is 0 Å². The Kier molecular flexibility index (Phi) is 6.36. The van der Waals surface area contributed by atoms with Crippen molar-refractivity contribution in [3.63, 3.8) is 0 Å². The third kappa shape index (κ3) is 4.59. The number of nitrogens with zero attached hydrogens (tertiary/aromatic N) is 5. The molecule has 4 unspecified atom stereocenters. The highest BCUT2D eigenvalue weighted by molar-refractivity contribution is 7.40. The minimum atomic E-state index is -2.56. The summed E-state index contributed by atoms with van der Waals surface area (Å²) in [6.45, 7) is 0.0879. The van der Waals surface area contributed by atoms with E-state index in [2.05, 4.69) is 9.97 Å². The minimum Gasteiger partial charge on any atom is -0.458 e. The number of anilines is 1. The molecule has 0 bridgehead atoms. The van der Waals surface area contributed by atoms with Gasteiger partial charge in [0.05, 0.1) is 41.7 Å². The number of cyclic esters (lactones) is 1. The van der Waals surface area contributed by atoms with Crippen molar-refractivity contribution in [3.8, 4) is 11.4 Å². The minimum absolute atomic E-state index is 0.0604. The maximum Gasteiger partial charge on any atom is 0.354 e. The maximum absolute atomic E-state index is 13.4. The van der Waals surface area contributed by atoms with Crippen LogP contribution in [0.5, 0.6) is 0 Å². The van der Waals surface area contributed by atoms with Gasteiger partial charge in [0.25, 0.3) is 5.56 Å². The molecule has 4 atom stereocenters. The van der Waals surface area contributed by atoms with Gasteiger partial charge in [0, 0.05) is 16.5 Å². The van der Waals surface area contributed by atoms with E-state index in [1.165, 1.54) is 10.9 Å². The summed E-state index contributed by atoms with van der Waals surface area (Å²) < 4.78 is 25.0. The normalized spacial score (nSPS) is 21.8. The number of para-hydroxylation sites is 1. The highest BCUT2D eigenvalue weighted by atomic mass is 31.2. The van der Waals surface area contributed by atoms with Gasteiger partial charge in [-0.1, -0.05) is 18.2 Å². The molecular weight excluding hydrogens is 555 g/mol. The average Bonchev–Trinajstić information content (AvgIpc) is 3.57. The van der Waals surface area contributed by atoms with E-state index in [0.29, 0.717) is 36.3 Å². The number of hydrogen-bond acceptors (Lipinski definition) is 12. The van der Waals surface area contributed by atoms with Gasteiger partial charge < -0.3 is 29.2 Å². The van der Waals surface area contributed by atoms with Crippen molar-refractivity contribution in [1.82, 2.24) is 24.1 Å². The largest absolute Gasteiger partial charge is 0.458 e. The Morgan fingerprint density at radius 3 is 2.85 bits per heavy atom. The highest BCUT2D eigenvalue weighted by Gasteiger charge is 2.38. The smallest absolute Gasteiger partial charge is 0.354 e. The number of esters is 1. The second-order valence-corrected chi connectivity index (χ2v) is 10.8. The summed E-state index contributed by atoms with van der Waals surface area (Å²) >= 11 is 0. The summed E-state index contributed by atoms with van der Waals surface area (Å²) in [5.74, 6) is -0.867. The fourth-order valence-electron chi connectivity index (χ4n) is 5.39. The Labute approximate surface area is 232 Å². The topological polar surface area (TPSA) is 183 Å². The van der Waals surface area contributed by atoms with Crippen LogP contribution in [0.25, 0.3) is 22.3 Å². The van der Waals surface area contributed by atoms with Gasteiger partial charge >= 0.3 is 20.3 Å². The zero-order valence-corrected chi connectivity index (χ0v) is 22.3. The van der Waals surface area contributed by atoms with Gasteiger partial charge in [-0.3, -0.25) is 13.9 Å². The number of pyridine rings is 2. The van der Waals surface area contributed by atoms with E-state index in [0.717, 1.165) is 16.5 Å². The SMILES string of the molecule is Nc1ncn(C2CCC(COP(O)OC3C(=O)OCc4c3cc3n(c4=O)Cc4cc5ccccc5nc4-3)O2)c(=O)n1. The first-order valence-electron chi connectivity index (χ1n) is 12.8. The first-order chi connectivity index (χ1) is 19.9. The van der Waals surface area contributed by atoms with Crippen LogP contribution in [0.2, 0.25) is 0 Å². The van der Waals surface area contributed by atoms with Crippen molar-refractivity contribution < 1.29 is 28.2 Å². The molecule has 1 aromatic carbocycles. The van der Waals surface area contributed by atoms with Crippen molar-refractivity contribution >= 4 is 31.4 Å². The summed E-state index contributed by atoms with van der Waals surface area (Å²) in [4.78, 5) is 61.0. The zero-order chi connectivity index (χ0) is 28.2. The lowest BCUT2D eigenvalue weighted by atomic mass is 10.0. The van der Waals surface area contributed by atoms with Gasteiger partial charge in [-0.25, -0.2) is 19.6 Å². The van der Waals surface area contributed by atoms with Crippen LogP contribution in [0.4, 0.5) is 5.95 Å². The van der Waals surface area contributed by atoms with E-state index in [-0.39, 0.29) is 30.3 Å². The number of carbonyl (C=O) groups excluding carboxylic acids is 1. The van der Waals surface area contributed by atoms with Gasteiger partial charge in [-0.05, 0) is 31.0 Å². The molecule has 1 fully saturated rings. The van der Waals surface area contributed by atoms with Crippen LogP contribution in [0.1, 0.15) is 41.9 Å². The van der Waals surface area contributed by atoms with Crippen molar-refractivity contribution in [2.24, 2.45) is 0 Å². The van der Waals surface area contributed by atoms with Crippen LogP contribution in [-0.2, 0) is 36.5 Å². The Balaban J connectivity index is 1.08. The Bertz CT molecular complexity index is 1830. The summed E-state index contributed by atoms with van der Waals surface area (Å²) in [5.41, 5.74) is 8.03. The predicted octanol–water partition coefficient (Wildman–Crippen LogP) is 1.69. The van der Waals surface area contributed by atoms with Crippen molar-refractivity contribution in [2.45, 2.75) is 44.4 Å². The fraction of sp³-hybridized carbons (Fsp3) is 0.308. The third-order valence-electron chi connectivity index (χ3n) is 7.37. The molecule has 1 saturated heterocycles. The van der Waals surface area contributed by atoms with Gasteiger partial charge in [-0.2, -0.15) is 4.98 Å². The van der Waals surface area contributed by atoms with Gasteiger partial charge in [0.1, 0.15) is 19.2 Å². The molecule has 0 amide bonds. The molecule has 3 aromatic heterocycles. The van der Waals surface area contributed by atoms with Crippen molar-refractivity contribution in [2.75, 3.05) is 12.3 Å². The lowest BCUT2D eigenvalue weighted by molar-refractivity contribution is -0.156. The number of benzene rings is 1. The first kappa shape index (κ1) is 25.9. The molecule has 0 saturated carbocycles. The molecule has 15 heteroatoms. The molecule has 0 aliphatic carbocycles. The number of nitrogens with two attached hydrogens (primary N) is 1. The summed E-state index contributed by atoms with van der Waals surface area (Å²) in [5, 5.41) is 0.964. The average molecular weight is 578 g/mol. The highest BCUT2D eigenvalue weighted by Crippen LogP contribution is 2.44. The lowest BCUT2D eigenvalue weighted by Crippen LogP contribution is -2.33. The molecule has 6 heterocycles. The van der Waals surface area contributed by atoms with Crippen molar-refractivity contribution in [3.05, 3.63) is 80.3 Å². The van der Waals surface area contributed by atoms with E-state index < -0.39 is 38.7 Å². The molecular formula is C26H23N6O8P. The second-order valence-electron chi connectivity index (χ2n) is 9.86. The van der Waals surface area contributed by atoms with Crippen LogP contribution in [0, 0.1) is 0 Å². The van der Waals surface area contributed by atoms with E-state index in [4.69, 9.17) is 29.2 Å². The quantitative estimate of drug-likeness (QED) is 0.220. The van der Waals surface area contributed by atoms with Crippen LogP contribution < -0.4 is 17.0 Å². The zero-order valence-electron chi connectivity index (χ0n) is 21.4. The van der Waals surface area contributed by atoms with E-state index in [9.17, 15) is 19.3 Å². The predicted molar refractivity (Wildman–Crippen MR) is 143 cm³/mol. The van der Waals surface area contributed by atoms with Gasteiger partial charge in [0.2, 0.25) is 5.95 Å². The molecule has 0 radical (unpaired) electrons. The molecule has 14 nitrogen and oxygen atoms in total. The molecule has 0 spiro atoms. The third-order valence-corrected chi connectivity index (χ3v) is 8.13. The van der Waals surface area contributed by atoms with Gasteiger partial charge in [0.15, 0.2) is 6.10 Å². The monoisotopic (exact) mass is 578 g/mol. The second kappa shape index (κ2) is 10.1. The maximum atomic E-state index is 13.4. The van der Waals surface area contributed by atoms with E-state index in [1.54, 1.807) is 10.6 Å². The Morgan fingerprint density at radius 1 is 1.15 bits per heavy atom. The molecule has 7 rings (SSSR count). The Morgan fingerprint density at radius 2 is 2.00 bits per heavy atom. The molecule has 4 aromatic rings. The van der Waals surface area contributed by atoms with Crippen LogP contribution in [0.3, 0.4) is 0 Å². The molecule has 41 heavy (non-hydrogen) atoms. The van der Waals surface area contributed by atoms with E-state index >= 15 is 0 Å². The lowest BCUT2D eigenvalue weighted by Gasteiger charge is -2.26. The molecule has 3 aliphatic rings. The van der Waals surface area contributed by atoms with Crippen molar-refractivity contribution in [1.29, 1.82) is 0 Å². The molecule has 210 valence electrons. The standard InChI is InChI=1S/C26H23N6O8P/c27-25-28-12-32(26(35)30-25)20-6-5-15(39-20)10-38-41(36)40-22-16-8-19-21-14(7-13-3-1-2-4-18(13)29-21)9-31(19)23(33)17(16)11-37-24(22)34/h1-4,7-8,12,15,20,22,36H,5-6,9-11H2,(H2,27,30,35). The van der Waals surface area contributed by atoms with E-state index in [1.807, 2.05) is 30.3 Å². The summed E-state index contributed by atoms with van der Waals surface area (Å²) in [6.07, 6.45) is -0.132. The number of nitrogen functional groups attached to an aromatic ring is 1. The number of fused-ring (bicyclic) bond motifs is 5. The number of aromatic nitrogens is 5.